The lowest BCUT2D eigenvalue weighted by Gasteiger charge is -2.06. The number of aryl methyl sites for hydroxylation is 1. The first-order valence-corrected chi connectivity index (χ1v) is 7.18. The second-order valence-electron chi connectivity index (χ2n) is 4.93. The summed E-state index contributed by atoms with van der Waals surface area (Å²) in [5.41, 5.74) is 8.90. The molecule has 0 aliphatic rings. The van der Waals surface area contributed by atoms with Crippen LogP contribution in [0.3, 0.4) is 0 Å². The van der Waals surface area contributed by atoms with Gasteiger partial charge in [-0.3, -0.25) is 0 Å². The Kier molecular flexibility index (Phi) is 5.11. The van der Waals surface area contributed by atoms with Gasteiger partial charge in [0.05, 0.1) is 23.6 Å². The van der Waals surface area contributed by atoms with E-state index >= 15 is 0 Å². The number of aromatic nitrogens is 2. The highest BCUT2D eigenvalue weighted by atomic mass is 16.5. The first kappa shape index (κ1) is 15.3. The van der Waals surface area contributed by atoms with E-state index in [0.29, 0.717) is 18.7 Å². The maximum atomic E-state index is 12.0. The summed E-state index contributed by atoms with van der Waals surface area (Å²) in [7, 11) is 0. The van der Waals surface area contributed by atoms with Gasteiger partial charge in [0, 0.05) is 18.3 Å². The standard InChI is InChI=1S/C16H21N3O2/c1-3-4-8-21-16(20)13-6-5-7-15(9-13)19-11-14(10-17)12(2)18-19/h5-7,9,11H,3-4,8,10,17H2,1-2H3. The highest BCUT2D eigenvalue weighted by molar-refractivity contribution is 5.90. The predicted molar refractivity (Wildman–Crippen MR) is 81.4 cm³/mol. The van der Waals surface area contributed by atoms with Crippen LogP contribution in [0.1, 0.15) is 41.4 Å². The summed E-state index contributed by atoms with van der Waals surface area (Å²) >= 11 is 0. The molecule has 0 saturated carbocycles. The van der Waals surface area contributed by atoms with Crippen molar-refractivity contribution >= 4 is 5.97 Å². The van der Waals surface area contributed by atoms with Crippen LogP contribution in [0.15, 0.2) is 30.5 Å². The molecule has 1 aromatic heterocycles. The smallest absolute Gasteiger partial charge is 0.338 e. The van der Waals surface area contributed by atoms with Gasteiger partial charge in [-0.15, -0.1) is 0 Å². The zero-order valence-electron chi connectivity index (χ0n) is 12.5. The molecule has 5 nitrogen and oxygen atoms in total. The molecule has 0 bridgehead atoms. The normalized spacial score (nSPS) is 10.6. The van der Waals surface area contributed by atoms with Crippen LogP contribution in [0.25, 0.3) is 5.69 Å². The van der Waals surface area contributed by atoms with Gasteiger partial charge >= 0.3 is 5.97 Å². The zero-order valence-corrected chi connectivity index (χ0v) is 12.5. The summed E-state index contributed by atoms with van der Waals surface area (Å²) in [6.45, 7) is 4.88. The number of benzene rings is 1. The monoisotopic (exact) mass is 287 g/mol. The number of nitrogens with two attached hydrogens (primary N) is 1. The third kappa shape index (κ3) is 3.70. The van der Waals surface area contributed by atoms with E-state index in [1.54, 1.807) is 16.8 Å². The van der Waals surface area contributed by atoms with E-state index in [0.717, 1.165) is 29.8 Å². The number of esters is 1. The quantitative estimate of drug-likeness (QED) is 0.655. The van der Waals surface area contributed by atoms with Crippen molar-refractivity contribution < 1.29 is 9.53 Å². The van der Waals surface area contributed by atoms with Gasteiger partial charge in [-0.05, 0) is 31.5 Å². The van der Waals surface area contributed by atoms with Crippen LogP contribution >= 0.6 is 0 Å². The Hall–Kier alpha value is -2.14. The Morgan fingerprint density at radius 1 is 1.43 bits per heavy atom. The Bertz CT molecular complexity index is 620. The highest BCUT2D eigenvalue weighted by Gasteiger charge is 2.10. The fourth-order valence-corrected chi connectivity index (χ4v) is 2.00. The van der Waals surface area contributed by atoms with Crippen molar-refractivity contribution in [1.29, 1.82) is 0 Å². The molecule has 0 saturated heterocycles. The number of nitrogens with zero attached hydrogens (tertiary/aromatic N) is 2. The van der Waals surface area contributed by atoms with Crippen molar-refractivity contribution in [2.45, 2.75) is 33.2 Å². The van der Waals surface area contributed by atoms with Crippen LogP contribution in [-0.4, -0.2) is 22.4 Å². The molecule has 0 aliphatic heterocycles. The number of hydrogen-bond acceptors (Lipinski definition) is 4. The lowest BCUT2D eigenvalue weighted by Crippen LogP contribution is -2.07. The van der Waals surface area contributed by atoms with Crippen molar-refractivity contribution in [2.24, 2.45) is 5.73 Å². The first-order chi connectivity index (χ1) is 10.2. The fourth-order valence-electron chi connectivity index (χ4n) is 2.00. The lowest BCUT2D eigenvalue weighted by molar-refractivity contribution is 0.0499. The third-order valence-electron chi connectivity index (χ3n) is 3.30. The Labute approximate surface area is 124 Å². The van der Waals surface area contributed by atoms with Crippen LogP contribution in [0.5, 0.6) is 0 Å². The zero-order chi connectivity index (χ0) is 15.2. The van der Waals surface area contributed by atoms with E-state index in [1.807, 2.05) is 25.3 Å². The second-order valence-corrected chi connectivity index (χ2v) is 4.93. The molecule has 0 unspecified atom stereocenters. The van der Waals surface area contributed by atoms with Crippen LogP contribution in [0.2, 0.25) is 0 Å². The molecule has 0 aliphatic carbocycles. The minimum absolute atomic E-state index is 0.298. The topological polar surface area (TPSA) is 70.1 Å². The SMILES string of the molecule is CCCCOC(=O)c1cccc(-n2cc(CN)c(C)n2)c1. The summed E-state index contributed by atoms with van der Waals surface area (Å²) in [6, 6.07) is 7.25. The van der Waals surface area contributed by atoms with E-state index in [-0.39, 0.29) is 5.97 Å². The number of rotatable bonds is 6. The van der Waals surface area contributed by atoms with Gasteiger partial charge in [-0.25, -0.2) is 9.48 Å². The number of carbonyl (C=O) groups excluding carboxylic acids is 1. The van der Waals surface area contributed by atoms with Crippen molar-refractivity contribution in [2.75, 3.05) is 6.61 Å². The van der Waals surface area contributed by atoms with E-state index in [9.17, 15) is 4.79 Å². The van der Waals surface area contributed by atoms with Gasteiger partial charge in [0.25, 0.3) is 0 Å². The van der Waals surface area contributed by atoms with Gasteiger partial charge in [-0.2, -0.15) is 5.10 Å². The molecule has 2 aromatic rings. The van der Waals surface area contributed by atoms with Gasteiger partial charge in [0.1, 0.15) is 0 Å². The van der Waals surface area contributed by atoms with Gasteiger partial charge in [0.2, 0.25) is 0 Å². The average molecular weight is 287 g/mol. The van der Waals surface area contributed by atoms with Crippen LogP contribution in [0, 0.1) is 6.92 Å². The molecular weight excluding hydrogens is 266 g/mol. The van der Waals surface area contributed by atoms with Gasteiger partial charge < -0.3 is 10.5 Å². The molecule has 0 amide bonds. The van der Waals surface area contributed by atoms with Gasteiger partial charge in [-0.1, -0.05) is 19.4 Å². The van der Waals surface area contributed by atoms with E-state index in [2.05, 4.69) is 12.0 Å². The maximum absolute atomic E-state index is 12.0. The first-order valence-electron chi connectivity index (χ1n) is 7.18. The van der Waals surface area contributed by atoms with Crippen LogP contribution in [-0.2, 0) is 11.3 Å². The molecule has 0 radical (unpaired) electrons. The van der Waals surface area contributed by atoms with E-state index in [4.69, 9.17) is 10.5 Å². The third-order valence-corrected chi connectivity index (χ3v) is 3.30. The van der Waals surface area contributed by atoms with Crippen LogP contribution < -0.4 is 5.73 Å². The van der Waals surface area contributed by atoms with Crippen LogP contribution in [0.4, 0.5) is 0 Å². The minimum Gasteiger partial charge on any atom is -0.462 e. The lowest BCUT2D eigenvalue weighted by atomic mass is 10.2. The van der Waals surface area contributed by atoms with Crippen molar-refractivity contribution in [1.82, 2.24) is 9.78 Å². The highest BCUT2D eigenvalue weighted by Crippen LogP contribution is 2.14. The van der Waals surface area contributed by atoms with E-state index in [1.165, 1.54) is 0 Å². The Balaban J connectivity index is 2.18. The number of hydrogen-bond donors (Lipinski definition) is 1. The number of unbranched alkanes of at least 4 members (excludes halogenated alkanes) is 1. The molecule has 2 N–H and O–H groups in total. The molecule has 21 heavy (non-hydrogen) atoms. The summed E-state index contributed by atoms with van der Waals surface area (Å²) in [5.74, 6) is -0.298. The molecule has 1 heterocycles. The summed E-state index contributed by atoms with van der Waals surface area (Å²) in [4.78, 5) is 12.0. The molecule has 0 atom stereocenters. The molecule has 5 heteroatoms. The molecule has 2 rings (SSSR count). The Morgan fingerprint density at radius 3 is 2.90 bits per heavy atom. The maximum Gasteiger partial charge on any atom is 0.338 e. The summed E-state index contributed by atoms with van der Waals surface area (Å²) in [5, 5.41) is 4.41. The number of ether oxygens (including phenoxy) is 1. The molecular formula is C16H21N3O2. The Morgan fingerprint density at radius 2 is 2.24 bits per heavy atom. The average Bonchev–Trinajstić information content (AvgIpc) is 2.88. The fraction of sp³-hybridized carbons (Fsp3) is 0.375. The minimum atomic E-state index is -0.298. The molecule has 0 fully saturated rings. The predicted octanol–water partition coefficient (Wildman–Crippen LogP) is 2.60. The summed E-state index contributed by atoms with van der Waals surface area (Å²) in [6.07, 6.45) is 3.77. The molecule has 0 spiro atoms. The second kappa shape index (κ2) is 7.04. The summed E-state index contributed by atoms with van der Waals surface area (Å²) < 4.78 is 6.96. The van der Waals surface area contributed by atoms with Crippen molar-refractivity contribution in [3.63, 3.8) is 0 Å². The van der Waals surface area contributed by atoms with E-state index < -0.39 is 0 Å². The largest absolute Gasteiger partial charge is 0.462 e. The molecule has 1 aromatic carbocycles. The van der Waals surface area contributed by atoms with Crippen molar-refractivity contribution in [3.8, 4) is 5.69 Å². The molecule has 112 valence electrons. The number of carbonyl (C=O) groups is 1. The van der Waals surface area contributed by atoms with Crippen molar-refractivity contribution in [3.05, 3.63) is 47.3 Å². The van der Waals surface area contributed by atoms with Gasteiger partial charge in [0.15, 0.2) is 0 Å².